The second kappa shape index (κ2) is 6.61. The molecule has 0 aromatic carbocycles. The molecule has 0 aromatic heterocycles. The van der Waals surface area contributed by atoms with Gasteiger partial charge in [-0.3, -0.25) is 0 Å². The predicted molar refractivity (Wildman–Crippen MR) is 66.1 cm³/mol. The molecule has 2 aliphatic carbocycles. The maximum absolute atomic E-state index is 12.1. The molecule has 0 spiro atoms. The van der Waals surface area contributed by atoms with Crippen molar-refractivity contribution >= 4 is 5.97 Å². The van der Waals surface area contributed by atoms with Crippen molar-refractivity contribution in [2.75, 3.05) is 0 Å². The van der Waals surface area contributed by atoms with Crippen molar-refractivity contribution in [1.29, 1.82) is 0 Å². The zero-order valence-corrected chi connectivity index (χ0v) is 11.2. The normalized spacial score (nSPS) is 28.4. The summed E-state index contributed by atoms with van der Waals surface area (Å²) in [6.45, 7) is 0. The van der Waals surface area contributed by atoms with Gasteiger partial charge in [-0.25, -0.2) is 4.79 Å². The third-order valence-corrected chi connectivity index (χ3v) is 3.69. The molecule has 1 fully saturated rings. The van der Waals surface area contributed by atoms with Crippen molar-refractivity contribution in [3.8, 4) is 0 Å². The Balaban J connectivity index is 1.76. The van der Waals surface area contributed by atoms with Crippen LogP contribution in [0.25, 0.3) is 0 Å². The van der Waals surface area contributed by atoms with E-state index in [0.29, 0.717) is 12.8 Å². The fourth-order valence-electron chi connectivity index (χ4n) is 2.63. The van der Waals surface area contributed by atoms with Crippen LogP contribution >= 0.6 is 0 Å². The summed E-state index contributed by atoms with van der Waals surface area (Å²) >= 11 is 0. The van der Waals surface area contributed by atoms with Gasteiger partial charge >= 0.3 is 12.1 Å². The summed E-state index contributed by atoms with van der Waals surface area (Å²) in [4.78, 5) is 10.7. The van der Waals surface area contributed by atoms with Crippen molar-refractivity contribution in [1.82, 2.24) is 0 Å². The van der Waals surface area contributed by atoms with E-state index in [0.717, 1.165) is 12.8 Å². The van der Waals surface area contributed by atoms with Gasteiger partial charge in [0, 0.05) is 0 Å². The van der Waals surface area contributed by atoms with Crippen molar-refractivity contribution in [3.63, 3.8) is 0 Å². The van der Waals surface area contributed by atoms with Gasteiger partial charge in [-0.1, -0.05) is 25.3 Å². The quantitative estimate of drug-likeness (QED) is 0.589. The van der Waals surface area contributed by atoms with Gasteiger partial charge in [0.25, 0.3) is 0 Å². The van der Waals surface area contributed by atoms with Crippen LogP contribution in [0.2, 0.25) is 0 Å². The Labute approximate surface area is 116 Å². The van der Waals surface area contributed by atoms with Gasteiger partial charge < -0.3 is 9.47 Å². The fraction of sp³-hybridized carbons (Fsp3) is 0.786. The highest BCUT2D eigenvalue weighted by atomic mass is 19.4. The van der Waals surface area contributed by atoms with E-state index >= 15 is 0 Å². The minimum atomic E-state index is -4.93. The number of esters is 1. The maximum atomic E-state index is 12.1. The molecule has 0 aromatic rings. The number of carbonyl (C=O) groups is 1. The molecule has 0 aliphatic heterocycles. The number of halogens is 3. The molecule has 3 nitrogen and oxygen atoms in total. The Morgan fingerprint density at radius 1 is 0.950 bits per heavy atom. The zero-order chi connectivity index (χ0) is 14.6. The van der Waals surface area contributed by atoms with E-state index in [1.54, 1.807) is 6.08 Å². The third kappa shape index (κ3) is 4.51. The lowest BCUT2D eigenvalue weighted by molar-refractivity contribution is -0.203. The summed E-state index contributed by atoms with van der Waals surface area (Å²) < 4.78 is 46.5. The first-order valence-corrected chi connectivity index (χ1v) is 7.07. The first-order chi connectivity index (χ1) is 9.45. The topological polar surface area (TPSA) is 35.5 Å². The molecule has 0 N–H and O–H groups in total. The second-order valence-corrected chi connectivity index (χ2v) is 5.34. The monoisotopic (exact) mass is 292 g/mol. The van der Waals surface area contributed by atoms with E-state index in [-0.39, 0.29) is 12.2 Å². The Morgan fingerprint density at radius 3 is 2.10 bits per heavy atom. The summed E-state index contributed by atoms with van der Waals surface area (Å²) in [5.41, 5.74) is 0. The molecule has 0 radical (unpaired) electrons. The predicted octanol–water partition coefficient (Wildman–Crippen LogP) is 3.53. The number of hydrogen-bond donors (Lipinski definition) is 0. The summed E-state index contributed by atoms with van der Waals surface area (Å²) in [5, 5.41) is 0. The molecule has 0 amide bonds. The van der Waals surface area contributed by atoms with Crippen molar-refractivity contribution in [2.24, 2.45) is 0 Å². The molecule has 0 saturated heterocycles. The van der Waals surface area contributed by atoms with E-state index < -0.39 is 18.2 Å². The number of alkyl halides is 3. The fourth-order valence-corrected chi connectivity index (χ4v) is 2.63. The van der Waals surface area contributed by atoms with Crippen molar-refractivity contribution < 1.29 is 27.4 Å². The van der Waals surface area contributed by atoms with Gasteiger partial charge in [-0.15, -0.1) is 0 Å². The van der Waals surface area contributed by atoms with Crippen LogP contribution in [0, 0.1) is 0 Å². The maximum Gasteiger partial charge on any atom is 0.490 e. The van der Waals surface area contributed by atoms with Crippen LogP contribution in [0.15, 0.2) is 12.2 Å². The Kier molecular flexibility index (Phi) is 5.07. The van der Waals surface area contributed by atoms with E-state index in [1.165, 1.54) is 25.3 Å². The van der Waals surface area contributed by atoms with Crippen LogP contribution < -0.4 is 0 Å². The highest BCUT2D eigenvalue weighted by Gasteiger charge is 2.42. The lowest BCUT2D eigenvalue weighted by Crippen LogP contribution is -2.32. The molecule has 20 heavy (non-hydrogen) atoms. The van der Waals surface area contributed by atoms with Crippen LogP contribution in [0.1, 0.15) is 44.9 Å². The van der Waals surface area contributed by atoms with E-state index in [1.807, 2.05) is 0 Å². The Morgan fingerprint density at radius 2 is 1.55 bits per heavy atom. The first-order valence-electron chi connectivity index (χ1n) is 7.07. The van der Waals surface area contributed by atoms with Gasteiger partial charge in [-0.05, 0) is 31.8 Å². The molecule has 2 rings (SSSR count). The van der Waals surface area contributed by atoms with Crippen molar-refractivity contribution in [2.45, 2.75) is 69.4 Å². The number of ether oxygens (including phenoxy) is 2. The lowest BCUT2D eigenvalue weighted by Gasteiger charge is -2.29. The van der Waals surface area contributed by atoms with Crippen LogP contribution in [0.3, 0.4) is 0 Å². The highest BCUT2D eigenvalue weighted by molar-refractivity contribution is 5.75. The molecule has 2 aliphatic rings. The Bertz CT molecular complexity index is 359. The zero-order valence-electron chi connectivity index (χ0n) is 11.2. The SMILES string of the molecule is O=C(O[C@@H]1C=C[C@@H](OC2CCCCC2)CC1)C(F)(F)F. The summed E-state index contributed by atoms with van der Waals surface area (Å²) in [6, 6.07) is 0. The minimum absolute atomic E-state index is 0.0704. The molecule has 2 atom stereocenters. The molecule has 0 bridgehead atoms. The molecular formula is C14H19F3O3. The largest absolute Gasteiger partial charge is 0.490 e. The molecular weight excluding hydrogens is 273 g/mol. The second-order valence-electron chi connectivity index (χ2n) is 5.34. The van der Waals surface area contributed by atoms with E-state index in [4.69, 9.17) is 4.74 Å². The molecule has 0 unspecified atom stereocenters. The van der Waals surface area contributed by atoms with Gasteiger partial charge in [0.2, 0.25) is 0 Å². The molecule has 114 valence electrons. The number of carbonyl (C=O) groups excluding carboxylic acids is 1. The number of rotatable bonds is 3. The van der Waals surface area contributed by atoms with E-state index in [9.17, 15) is 18.0 Å². The average Bonchev–Trinajstić information content (AvgIpc) is 2.41. The number of hydrogen-bond acceptors (Lipinski definition) is 3. The first kappa shape index (κ1) is 15.4. The van der Waals surface area contributed by atoms with Crippen molar-refractivity contribution in [3.05, 3.63) is 12.2 Å². The summed E-state index contributed by atoms with van der Waals surface area (Å²) in [5.74, 6) is -2.13. The third-order valence-electron chi connectivity index (χ3n) is 3.69. The van der Waals surface area contributed by atoms with Crippen LogP contribution in [-0.4, -0.2) is 30.5 Å². The van der Waals surface area contributed by atoms with Crippen LogP contribution in [0.5, 0.6) is 0 Å². The van der Waals surface area contributed by atoms with Crippen LogP contribution in [-0.2, 0) is 14.3 Å². The van der Waals surface area contributed by atoms with E-state index in [2.05, 4.69) is 4.74 Å². The average molecular weight is 292 g/mol. The standard InChI is InChI=1S/C14H19F3O3/c15-14(16,17)13(18)20-12-8-6-11(7-9-12)19-10-4-2-1-3-5-10/h6,8,10-12H,1-5,7,9H2/t11-,12-/m1/s1. The summed E-state index contributed by atoms with van der Waals surface area (Å²) in [6.07, 6.45) is 4.33. The van der Waals surface area contributed by atoms with Gasteiger partial charge in [0.05, 0.1) is 12.2 Å². The highest BCUT2D eigenvalue weighted by Crippen LogP contribution is 2.26. The summed E-state index contributed by atoms with van der Waals surface area (Å²) in [7, 11) is 0. The Hall–Kier alpha value is -1.04. The lowest BCUT2D eigenvalue weighted by atomic mass is 9.96. The van der Waals surface area contributed by atoms with Gasteiger partial charge in [0.15, 0.2) is 0 Å². The molecule has 0 heterocycles. The molecule has 1 saturated carbocycles. The minimum Gasteiger partial charge on any atom is -0.451 e. The van der Waals surface area contributed by atoms with Crippen LogP contribution in [0.4, 0.5) is 13.2 Å². The van der Waals surface area contributed by atoms with Gasteiger partial charge in [0.1, 0.15) is 6.10 Å². The molecule has 6 heteroatoms. The van der Waals surface area contributed by atoms with Gasteiger partial charge in [-0.2, -0.15) is 13.2 Å². The smallest absolute Gasteiger partial charge is 0.451 e.